The van der Waals surface area contributed by atoms with Crippen LogP contribution in [-0.4, -0.2) is 13.0 Å². The first-order valence-electron chi connectivity index (χ1n) is 12.0. The standard InChI is InChI=1S/C28H29NO4/c1-32-25-12-21(6-7-22(25)23-11-20-4-2-3-5-24(20)33-27(23)31)29-26(30)16-28-13-17-8-18(14-28)10-19(9-17)15-28/h2-7,11-12,17-19H,8-10,13-16H2,1H3,(H,29,30). The van der Waals surface area contributed by atoms with E-state index in [1.54, 1.807) is 19.2 Å². The summed E-state index contributed by atoms with van der Waals surface area (Å²) < 4.78 is 11.1. The van der Waals surface area contributed by atoms with Crippen molar-refractivity contribution in [3.63, 3.8) is 0 Å². The lowest BCUT2D eigenvalue weighted by Crippen LogP contribution is -2.47. The minimum absolute atomic E-state index is 0.0805. The molecule has 0 aliphatic heterocycles. The lowest BCUT2D eigenvalue weighted by molar-refractivity contribution is -0.124. The molecule has 0 unspecified atom stereocenters. The number of para-hydroxylation sites is 1. The van der Waals surface area contributed by atoms with Crippen molar-refractivity contribution in [2.24, 2.45) is 23.2 Å². The Labute approximate surface area is 193 Å². The van der Waals surface area contributed by atoms with Gasteiger partial charge in [-0.1, -0.05) is 18.2 Å². The molecule has 0 radical (unpaired) electrons. The Balaban J connectivity index is 1.23. The highest BCUT2D eigenvalue weighted by Gasteiger charge is 2.51. The molecule has 1 aromatic heterocycles. The summed E-state index contributed by atoms with van der Waals surface area (Å²) in [5, 5.41) is 3.94. The Morgan fingerprint density at radius 2 is 1.70 bits per heavy atom. The molecule has 4 bridgehead atoms. The molecule has 170 valence electrons. The molecule has 33 heavy (non-hydrogen) atoms. The minimum Gasteiger partial charge on any atom is -0.496 e. The maximum atomic E-state index is 13.0. The van der Waals surface area contributed by atoms with Crippen LogP contribution in [0.5, 0.6) is 5.75 Å². The van der Waals surface area contributed by atoms with Crippen molar-refractivity contribution < 1.29 is 13.9 Å². The molecule has 5 heteroatoms. The molecule has 2 aromatic carbocycles. The van der Waals surface area contributed by atoms with Crippen LogP contribution in [0.3, 0.4) is 0 Å². The van der Waals surface area contributed by atoms with Crippen LogP contribution in [0.15, 0.2) is 57.7 Å². The van der Waals surface area contributed by atoms with Crippen molar-refractivity contribution in [1.82, 2.24) is 0 Å². The third kappa shape index (κ3) is 3.73. The molecular formula is C28H29NO4. The van der Waals surface area contributed by atoms with E-state index >= 15 is 0 Å². The Morgan fingerprint density at radius 1 is 1.00 bits per heavy atom. The Hall–Kier alpha value is -3.08. The van der Waals surface area contributed by atoms with Crippen LogP contribution in [0.25, 0.3) is 22.1 Å². The minimum atomic E-state index is -0.411. The van der Waals surface area contributed by atoms with Gasteiger partial charge in [0, 0.05) is 29.1 Å². The number of carbonyl (C=O) groups is 1. The predicted octanol–water partition coefficient (Wildman–Crippen LogP) is 6.01. The number of rotatable bonds is 5. The highest BCUT2D eigenvalue weighted by molar-refractivity contribution is 5.92. The van der Waals surface area contributed by atoms with Gasteiger partial charge in [0.25, 0.3) is 0 Å². The van der Waals surface area contributed by atoms with Crippen LogP contribution < -0.4 is 15.7 Å². The summed E-state index contributed by atoms with van der Waals surface area (Å²) in [6, 6.07) is 14.7. The molecule has 1 amide bonds. The molecule has 0 spiro atoms. The molecule has 5 nitrogen and oxygen atoms in total. The van der Waals surface area contributed by atoms with Gasteiger partial charge in [0.1, 0.15) is 11.3 Å². The number of hydrogen-bond donors (Lipinski definition) is 1. The third-order valence-electron chi connectivity index (χ3n) is 8.12. The van der Waals surface area contributed by atoms with E-state index in [0.29, 0.717) is 34.6 Å². The molecule has 3 aromatic rings. The first-order chi connectivity index (χ1) is 16.0. The highest BCUT2D eigenvalue weighted by atomic mass is 16.5. The average Bonchev–Trinajstić information content (AvgIpc) is 2.77. The second-order valence-electron chi connectivity index (χ2n) is 10.5. The second-order valence-corrected chi connectivity index (χ2v) is 10.5. The Morgan fingerprint density at radius 3 is 2.39 bits per heavy atom. The number of methoxy groups -OCH3 is 1. The van der Waals surface area contributed by atoms with Gasteiger partial charge in [-0.25, -0.2) is 4.79 Å². The number of ether oxygens (including phenoxy) is 1. The molecule has 0 atom stereocenters. The summed E-state index contributed by atoms with van der Waals surface area (Å²) in [7, 11) is 1.57. The van der Waals surface area contributed by atoms with E-state index in [-0.39, 0.29) is 11.3 Å². The van der Waals surface area contributed by atoms with Gasteiger partial charge < -0.3 is 14.5 Å². The first kappa shape index (κ1) is 20.5. The van der Waals surface area contributed by atoms with E-state index < -0.39 is 5.63 Å². The zero-order chi connectivity index (χ0) is 22.6. The van der Waals surface area contributed by atoms with Gasteiger partial charge in [-0.2, -0.15) is 0 Å². The van der Waals surface area contributed by atoms with E-state index in [4.69, 9.17) is 9.15 Å². The first-order valence-corrected chi connectivity index (χ1v) is 12.0. The SMILES string of the molecule is COc1cc(NC(=O)CC23CC4CC(CC(C4)C2)C3)ccc1-c1cc2ccccc2oc1=O. The smallest absolute Gasteiger partial charge is 0.344 e. The molecule has 1 N–H and O–H groups in total. The summed E-state index contributed by atoms with van der Waals surface area (Å²) in [5.41, 5.74) is 2.13. The number of benzene rings is 2. The van der Waals surface area contributed by atoms with Crippen LogP contribution in [-0.2, 0) is 4.79 Å². The predicted molar refractivity (Wildman–Crippen MR) is 128 cm³/mol. The Bertz CT molecular complexity index is 1260. The van der Waals surface area contributed by atoms with E-state index in [2.05, 4.69) is 5.32 Å². The van der Waals surface area contributed by atoms with E-state index in [9.17, 15) is 9.59 Å². The van der Waals surface area contributed by atoms with Crippen molar-refractivity contribution in [2.75, 3.05) is 12.4 Å². The lowest BCUT2D eigenvalue weighted by atomic mass is 9.49. The van der Waals surface area contributed by atoms with E-state index in [0.717, 1.165) is 23.1 Å². The van der Waals surface area contributed by atoms with Crippen LogP contribution in [0, 0.1) is 23.2 Å². The maximum Gasteiger partial charge on any atom is 0.344 e. The summed E-state index contributed by atoms with van der Waals surface area (Å²) in [6.45, 7) is 0. The molecule has 4 saturated carbocycles. The normalized spacial score (nSPS) is 27.6. The monoisotopic (exact) mass is 443 g/mol. The van der Waals surface area contributed by atoms with Gasteiger partial charge in [-0.3, -0.25) is 4.79 Å². The van der Waals surface area contributed by atoms with Crippen molar-refractivity contribution in [3.8, 4) is 16.9 Å². The van der Waals surface area contributed by atoms with Gasteiger partial charge >= 0.3 is 5.63 Å². The maximum absolute atomic E-state index is 13.0. The van der Waals surface area contributed by atoms with Gasteiger partial charge in [-0.05, 0) is 86.0 Å². The molecule has 0 saturated heterocycles. The summed E-state index contributed by atoms with van der Waals surface area (Å²) in [6.07, 6.45) is 8.38. The van der Waals surface area contributed by atoms with Crippen LogP contribution >= 0.6 is 0 Å². The largest absolute Gasteiger partial charge is 0.496 e. The molecule has 1 heterocycles. The van der Waals surface area contributed by atoms with Crippen molar-refractivity contribution in [3.05, 3.63) is 59.0 Å². The number of amides is 1. The number of nitrogens with one attached hydrogen (secondary N) is 1. The van der Waals surface area contributed by atoms with E-state index in [1.165, 1.54) is 38.5 Å². The van der Waals surface area contributed by atoms with Gasteiger partial charge in [-0.15, -0.1) is 0 Å². The topological polar surface area (TPSA) is 68.5 Å². The summed E-state index contributed by atoms with van der Waals surface area (Å²) >= 11 is 0. The molecule has 7 rings (SSSR count). The van der Waals surface area contributed by atoms with Crippen LogP contribution in [0.4, 0.5) is 5.69 Å². The van der Waals surface area contributed by atoms with Crippen molar-refractivity contribution in [2.45, 2.75) is 44.9 Å². The van der Waals surface area contributed by atoms with Crippen LogP contribution in [0.1, 0.15) is 44.9 Å². The zero-order valence-electron chi connectivity index (χ0n) is 18.9. The van der Waals surface area contributed by atoms with Crippen molar-refractivity contribution >= 4 is 22.6 Å². The van der Waals surface area contributed by atoms with Gasteiger partial charge in [0.15, 0.2) is 0 Å². The summed E-state index contributed by atoms with van der Waals surface area (Å²) in [4.78, 5) is 25.7. The third-order valence-corrected chi connectivity index (χ3v) is 8.12. The number of fused-ring (bicyclic) bond motifs is 1. The second kappa shape index (κ2) is 7.75. The van der Waals surface area contributed by atoms with E-state index in [1.807, 2.05) is 36.4 Å². The molecule has 4 fully saturated rings. The quantitative estimate of drug-likeness (QED) is 0.490. The number of carbonyl (C=O) groups excluding carboxylic acids is 1. The fourth-order valence-corrected chi connectivity index (χ4v) is 7.29. The summed E-state index contributed by atoms with van der Waals surface area (Å²) in [5.74, 6) is 3.11. The molecule has 4 aliphatic carbocycles. The van der Waals surface area contributed by atoms with Gasteiger partial charge in [0.05, 0.1) is 12.7 Å². The fraction of sp³-hybridized carbons (Fsp3) is 0.429. The van der Waals surface area contributed by atoms with Crippen LogP contribution in [0.2, 0.25) is 0 Å². The number of anilines is 1. The Kier molecular flexibility index (Phi) is 4.82. The average molecular weight is 444 g/mol. The highest BCUT2D eigenvalue weighted by Crippen LogP contribution is 2.61. The number of hydrogen-bond acceptors (Lipinski definition) is 4. The van der Waals surface area contributed by atoms with Gasteiger partial charge in [0.2, 0.25) is 5.91 Å². The molecule has 4 aliphatic rings. The molecular weight excluding hydrogens is 414 g/mol. The lowest BCUT2D eigenvalue weighted by Gasteiger charge is -2.56. The van der Waals surface area contributed by atoms with Crippen molar-refractivity contribution in [1.29, 1.82) is 0 Å². The fourth-order valence-electron chi connectivity index (χ4n) is 7.29. The zero-order valence-corrected chi connectivity index (χ0v) is 18.9.